The van der Waals surface area contributed by atoms with Crippen LogP contribution in [0.4, 0.5) is 0 Å². The molecular formula is C15H20N4O2. The van der Waals surface area contributed by atoms with Gasteiger partial charge >= 0.3 is 0 Å². The van der Waals surface area contributed by atoms with Crippen LogP contribution < -0.4 is 5.32 Å². The first-order valence-corrected chi connectivity index (χ1v) is 7.48. The van der Waals surface area contributed by atoms with Crippen molar-refractivity contribution in [3.63, 3.8) is 0 Å². The Morgan fingerprint density at radius 1 is 1.48 bits per heavy atom. The molecule has 2 fully saturated rings. The molecule has 21 heavy (non-hydrogen) atoms. The van der Waals surface area contributed by atoms with E-state index in [9.17, 15) is 9.59 Å². The molecule has 6 heteroatoms. The maximum Gasteiger partial charge on any atom is 0.272 e. The third kappa shape index (κ3) is 2.62. The number of carbonyl (C=O) groups is 2. The Bertz CT molecular complexity index is 548. The lowest BCUT2D eigenvalue weighted by molar-refractivity contribution is -0.123. The van der Waals surface area contributed by atoms with Crippen LogP contribution in [0.25, 0.3) is 0 Å². The summed E-state index contributed by atoms with van der Waals surface area (Å²) in [5.41, 5.74) is 0.0963. The molecule has 3 rings (SSSR count). The Kier molecular flexibility index (Phi) is 3.61. The number of hydrogen-bond donors (Lipinski definition) is 1. The number of amides is 2. The minimum absolute atomic E-state index is 0.0418. The number of hydrogen-bond acceptors (Lipinski definition) is 4. The molecule has 0 aliphatic carbocycles. The fourth-order valence-corrected chi connectivity index (χ4v) is 3.55. The number of nitrogens with one attached hydrogen (secondary N) is 1. The first kappa shape index (κ1) is 14.0. The Morgan fingerprint density at radius 2 is 2.33 bits per heavy atom. The van der Waals surface area contributed by atoms with Crippen molar-refractivity contribution >= 4 is 11.8 Å². The molecule has 1 N–H and O–H groups in total. The Hall–Kier alpha value is -1.98. The minimum Gasteiger partial charge on any atom is -0.349 e. The number of piperidine rings is 1. The summed E-state index contributed by atoms with van der Waals surface area (Å²) in [4.78, 5) is 34.4. The van der Waals surface area contributed by atoms with Gasteiger partial charge in [-0.05, 0) is 38.7 Å². The first-order valence-electron chi connectivity index (χ1n) is 7.48. The van der Waals surface area contributed by atoms with Crippen LogP contribution in [0.2, 0.25) is 0 Å². The molecule has 0 bridgehead atoms. The lowest BCUT2D eigenvalue weighted by Gasteiger charge is -2.47. The molecule has 0 spiro atoms. The highest BCUT2D eigenvalue weighted by Crippen LogP contribution is 2.33. The van der Waals surface area contributed by atoms with Gasteiger partial charge in [-0.3, -0.25) is 9.59 Å². The van der Waals surface area contributed by atoms with E-state index in [1.807, 2.05) is 4.90 Å². The fraction of sp³-hybridized carbons (Fsp3) is 0.600. The third-order valence-corrected chi connectivity index (χ3v) is 4.58. The van der Waals surface area contributed by atoms with Crippen molar-refractivity contribution in [1.29, 1.82) is 0 Å². The zero-order valence-electron chi connectivity index (χ0n) is 12.2. The maximum atomic E-state index is 12.7. The van der Waals surface area contributed by atoms with E-state index in [2.05, 4.69) is 22.2 Å². The zero-order chi connectivity index (χ0) is 14.9. The average Bonchev–Trinajstić information content (AvgIpc) is 2.64. The standard InChI is InChI=1S/C15H20N4O2/c1-15-7-3-9-19(12(15)4-2-5-13(20)18-15)14(21)11-6-8-16-10-17-11/h6,8,10,12H,2-5,7,9H2,1H3,(H,18,20)/t12-,15-/m0/s1. The molecule has 0 saturated carbocycles. The van der Waals surface area contributed by atoms with Crippen LogP contribution in [0.5, 0.6) is 0 Å². The second-order valence-corrected chi connectivity index (χ2v) is 6.07. The molecule has 3 heterocycles. The van der Waals surface area contributed by atoms with Gasteiger partial charge in [-0.25, -0.2) is 9.97 Å². The van der Waals surface area contributed by atoms with Crippen LogP contribution in [0.15, 0.2) is 18.6 Å². The van der Waals surface area contributed by atoms with Gasteiger partial charge in [0.05, 0.1) is 11.6 Å². The number of nitrogens with zero attached hydrogens (tertiary/aromatic N) is 3. The predicted octanol–water partition coefficient (Wildman–Crippen LogP) is 1.14. The van der Waals surface area contributed by atoms with Gasteiger partial charge in [0.25, 0.3) is 5.91 Å². The van der Waals surface area contributed by atoms with Gasteiger partial charge in [-0.15, -0.1) is 0 Å². The smallest absolute Gasteiger partial charge is 0.272 e. The van der Waals surface area contributed by atoms with Crippen LogP contribution in [0.3, 0.4) is 0 Å². The quantitative estimate of drug-likeness (QED) is 0.841. The predicted molar refractivity (Wildman–Crippen MR) is 76.5 cm³/mol. The third-order valence-electron chi connectivity index (χ3n) is 4.58. The second kappa shape index (κ2) is 5.42. The SMILES string of the molecule is C[C@]12CCCN(C(=O)c3ccncn3)[C@H]1CCCC(=O)N2. The van der Waals surface area contributed by atoms with Gasteiger partial charge in [0, 0.05) is 19.2 Å². The van der Waals surface area contributed by atoms with Crippen LogP contribution >= 0.6 is 0 Å². The number of carbonyl (C=O) groups excluding carboxylic acids is 2. The number of rotatable bonds is 1. The fourth-order valence-electron chi connectivity index (χ4n) is 3.55. The summed E-state index contributed by atoms with van der Waals surface area (Å²) < 4.78 is 0. The lowest BCUT2D eigenvalue weighted by atomic mass is 9.81. The van der Waals surface area contributed by atoms with E-state index < -0.39 is 0 Å². The monoisotopic (exact) mass is 288 g/mol. The largest absolute Gasteiger partial charge is 0.349 e. The normalized spacial score (nSPS) is 29.3. The summed E-state index contributed by atoms with van der Waals surface area (Å²) in [5, 5.41) is 3.13. The van der Waals surface area contributed by atoms with Crippen molar-refractivity contribution in [1.82, 2.24) is 20.2 Å². The van der Waals surface area contributed by atoms with E-state index in [1.165, 1.54) is 6.33 Å². The van der Waals surface area contributed by atoms with Crippen molar-refractivity contribution in [3.05, 3.63) is 24.3 Å². The summed E-state index contributed by atoms with van der Waals surface area (Å²) in [6, 6.07) is 1.68. The van der Waals surface area contributed by atoms with Gasteiger partial charge in [0.2, 0.25) is 5.91 Å². The number of likely N-dealkylation sites (tertiary alicyclic amines) is 1. The van der Waals surface area contributed by atoms with Gasteiger partial charge in [-0.2, -0.15) is 0 Å². The van der Waals surface area contributed by atoms with Crippen LogP contribution in [-0.4, -0.2) is 44.8 Å². The molecule has 1 aromatic heterocycles. The molecule has 2 amide bonds. The summed E-state index contributed by atoms with van der Waals surface area (Å²) in [6.07, 6.45) is 7.00. The van der Waals surface area contributed by atoms with E-state index in [-0.39, 0.29) is 23.4 Å². The molecule has 0 aromatic carbocycles. The molecule has 1 aromatic rings. The molecule has 2 aliphatic heterocycles. The van der Waals surface area contributed by atoms with Crippen molar-refractivity contribution < 1.29 is 9.59 Å². The number of aromatic nitrogens is 2. The highest BCUT2D eigenvalue weighted by atomic mass is 16.2. The molecule has 6 nitrogen and oxygen atoms in total. The topological polar surface area (TPSA) is 75.2 Å². The van der Waals surface area contributed by atoms with Gasteiger partial charge in [0.1, 0.15) is 12.0 Å². The molecule has 2 aliphatic rings. The highest BCUT2D eigenvalue weighted by Gasteiger charge is 2.45. The Labute approximate surface area is 124 Å². The van der Waals surface area contributed by atoms with E-state index >= 15 is 0 Å². The second-order valence-electron chi connectivity index (χ2n) is 6.07. The zero-order valence-corrected chi connectivity index (χ0v) is 12.2. The minimum atomic E-state index is -0.325. The van der Waals surface area contributed by atoms with Crippen LogP contribution in [0.1, 0.15) is 49.5 Å². The van der Waals surface area contributed by atoms with E-state index in [0.717, 1.165) is 32.2 Å². The Balaban J connectivity index is 1.88. The van der Waals surface area contributed by atoms with Crippen molar-refractivity contribution in [2.24, 2.45) is 0 Å². The van der Waals surface area contributed by atoms with Gasteiger partial charge in [0.15, 0.2) is 0 Å². The molecule has 112 valence electrons. The summed E-state index contributed by atoms with van der Waals surface area (Å²) in [6.45, 7) is 2.78. The first-order chi connectivity index (χ1) is 10.1. The highest BCUT2D eigenvalue weighted by molar-refractivity contribution is 5.92. The van der Waals surface area contributed by atoms with Crippen molar-refractivity contribution in [2.45, 2.75) is 50.6 Å². The van der Waals surface area contributed by atoms with Crippen LogP contribution in [0, 0.1) is 0 Å². The summed E-state index contributed by atoms with van der Waals surface area (Å²) in [7, 11) is 0. The van der Waals surface area contributed by atoms with E-state index in [1.54, 1.807) is 12.3 Å². The maximum absolute atomic E-state index is 12.7. The molecule has 0 radical (unpaired) electrons. The molecule has 0 unspecified atom stereocenters. The Morgan fingerprint density at radius 3 is 3.10 bits per heavy atom. The van der Waals surface area contributed by atoms with Crippen molar-refractivity contribution in [3.8, 4) is 0 Å². The summed E-state index contributed by atoms with van der Waals surface area (Å²) in [5.74, 6) is 0.0285. The van der Waals surface area contributed by atoms with E-state index in [0.29, 0.717) is 12.1 Å². The lowest BCUT2D eigenvalue weighted by Crippen LogP contribution is -2.63. The number of fused-ring (bicyclic) bond motifs is 1. The van der Waals surface area contributed by atoms with Crippen LogP contribution in [-0.2, 0) is 4.79 Å². The molecule has 2 atom stereocenters. The summed E-state index contributed by atoms with van der Waals surface area (Å²) >= 11 is 0. The molecular weight excluding hydrogens is 268 g/mol. The molecule has 2 saturated heterocycles. The van der Waals surface area contributed by atoms with E-state index in [4.69, 9.17) is 0 Å². The average molecular weight is 288 g/mol. The van der Waals surface area contributed by atoms with Crippen molar-refractivity contribution in [2.75, 3.05) is 6.54 Å². The van der Waals surface area contributed by atoms with Gasteiger partial charge < -0.3 is 10.2 Å². The van der Waals surface area contributed by atoms with Gasteiger partial charge in [-0.1, -0.05) is 0 Å².